The number of nitrogens with zero attached hydrogens (tertiary/aromatic N) is 2. The number of anilines is 1. The maximum atomic E-state index is 11.4. The Balaban J connectivity index is 2.55. The zero-order valence-corrected chi connectivity index (χ0v) is 13.0. The smallest absolute Gasteiger partial charge is 0.358 e. The van der Waals surface area contributed by atoms with Crippen molar-refractivity contribution in [2.75, 3.05) is 5.32 Å². The van der Waals surface area contributed by atoms with Crippen LogP contribution in [0.15, 0.2) is 24.4 Å². The van der Waals surface area contributed by atoms with Gasteiger partial charge in [0.2, 0.25) is 0 Å². The van der Waals surface area contributed by atoms with E-state index in [-0.39, 0.29) is 11.2 Å². The van der Waals surface area contributed by atoms with Crippen LogP contribution in [0.5, 0.6) is 0 Å². The van der Waals surface area contributed by atoms with Gasteiger partial charge in [0.1, 0.15) is 11.5 Å². The van der Waals surface area contributed by atoms with E-state index in [0.29, 0.717) is 17.0 Å². The van der Waals surface area contributed by atoms with Crippen LogP contribution < -0.4 is 10.8 Å². The third-order valence-electron chi connectivity index (χ3n) is 2.87. The highest BCUT2D eigenvalue weighted by atomic mass is 16.5. The number of rotatable bonds is 4. The topological polar surface area (TPSA) is 116 Å². The molecule has 4 N–H and O–H groups in total. The van der Waals surface area contributed by atoms with Crippen LogP contribution >= 0.6 is 0 Å². The first-order valence-corrected chi connectivity index (χ1v) is 6.87. The Labute approximate surface area is 132 Å². The number of nitrogens with one attached hydrogen (secondary N) is 2. The molecule has 2 aromatic rings. The molecule has 2 heterocycles. The molecule has 0 unspecified atom stereocenters. The number of hydrogen-bond donors (Lipinski definition) is 4. The highest BCUT2D eigenvalue weighted by Gasteiger charge is 2.22. The van der Waals surface area contributed by atoms with E-state index in [4.69, 9.17) is 5.21 Å². The van der Waals surface area contributed by atoms with E-state index in [2.05, 4.69) is 10.3 Å². The van der Waals surface area contributed by atoms with Gasteiger partial charge in [-0.25, -0.2) is 15.3 Å². The lowest BCUT2D eigenvalue weighted by molar-refractivity contribution is -0.124. The summed E-state index contributed by atoms with van der Waals surface area (Å²) in [6.07, 6.45) is 4.31. The van der Waals surface area contributed by atoms with Crippen LogP contribution in [0.25, 0.3) is 11.7 Å². The number of fused-ring (bicyclic) bond motifs is 1. The molecular weight excluding hydrogens is 300 g/mol. The molecule has 0 radical (unpaired) electrons. The number of hydroxylamine groups is 1. The van der Waals surface area contributed by atoms with Gasteiger partial charge in [-0.3, -0.25) is 14.4 Å². The monoisotopic (exact) mass is 318 g/mol. The number of carbonyl (C=O) groups excluding carboxylic acids is 1. The van der Waals surface area contributed by atoms with E-state index >= 15 is 0 Å². The van der Waals surface area contributed by atoms with Gasteiger partial charge in [0.15, 0.2) is 5.69 Å². The minimum absolute atomic E-state index is 0.0749. The van der Waals surface area contributed by atoms with Crippen LogP contribution in [0.2, 0.25) is 0 Å². The van der Waals surface area contributed by atoms with Crippen molar-refractivity contribution >= 4 is 29.4 Å². The molecule has 0 aliphatic carbocycles. The van der Waals surface area contributed by atoms with Gasteiger partial charge in [0, 0.05) is 17.8 Å². The van der Waals surface area contributed by atoms with E-state index in [1.807, 2.05) is 20.8 Å². The summed E-state index contributed by atoms with van der Waals surface area (Å²) < 4.78 is 1.62. The average molecular weight is 318 g/mol. The van der Waals surface area contributed by atoms with Crippen LogP contribution in [0.3, 0.4) is 0 Å². The number of imidazole rings is 1. The Bertz CT molecular complexity index is 787. The molecular formula is C15H18N4O4. The summed E-state index contributed by atoms with van der Waals surface area (Å²) in [4.78, 5) is 26.6. The molecule has 0 saturated carbocycles. The lowest BCUT2D eigenvalue weighted by Crippen LogP contribution is -2.28. The second-order valence-corrected chi connectivity index (χ2v) is 5.99. The predicted molar refractivity (Wildman–Crippen MR) is 84.5 cm³/mol. The molecule has 1 amide bonds. The summed E-state index contributed by atoms with van der Waals surface area (Å²) in [6, 6.07) is 3.34. The highest BCUT2D eigenvalue weighted by Crippen LogP contribution is 2.23. The van der Waals surface area contributed by atoms with Crippen LogP contribution in [0.1, 0.15) is 36.8 Å². The number of hydrogen-bond acceptors (Lipinski definition) is 5. The molecule has 2 rings (SSSR count). The molecule has 8 nitrogen and oxygen atoms in total. The minimum atomic E-state index is -1.13. The SMILES string of the molecule is CC(C)(C)Nc1c(C(=O)O)nc2ccc(/C=C/C(=O)NO)cn12. The van der Waals surface area contributed by atoms with Crippen LogP contribution in [0.4, 0.5) is 5.82 Å². The van der Waals surface area contributed by atoms with Gasteiger partial charge in [0.05, 0.1) is 0 Å². The molecule has 0 bridgehead atoms. The second kappa shape index (κ2) is 6.09. The number of amides is 1. The Kier molecular flexibility index (Phi) is 4.37. The normalized spacial score (nSPS) is 11.8. The number of carbonyl (C=O) groups is 2. The molecule has 8 heteroatoms. The molecule has 0 saturated heterocycles. The van der Waals surface area contributed by atoms with Gasteiger partial charge in [-0.15, -0.1) is 0 Å². The highest BCUT2D eigenvalue weighted by molar-refractivity contribution is 5.93. The maximum Gasteiger partial charge on any atom is 0.358 e. The number of carboxylic acid groups (broad SMARTS) is 1. The number of aromatic carboxylic acids is 1. The third kappa shape index (κ3) is 3.86. The molecule has 0 aliphatic heterocycles. The molecule has 0 atom stereocenters. The van der Waals surface area contributed by atoms with E-state index < -0.39 is 11.9 Å². The first kappa shape index (κ1) is 16.5. The molecule has 0 fully saturated rings. The lowest BCUT2D eigenvalue weighted by atomic mass is 10.1. The van der Waals surface area contributed by atoms with Crippen molar-refractivity contribution in [2.24, 2.45) is 0 Å². The molecule has 23 heavy (non-hydrogen) atoms. The molecule has 0 aliphatic rings. The number of pyridine rings is 1. The summed E-state index contributed by atoms with van der Waals surface area (Å²) >= 11 is 0. The van der Waals surface area contributed by atoms with Crippen LogP contribution in [-0.2, 0) is 4.79 Å². The molecule has 0 aromatic carbocycles. The van der Waals surface area contributed by atoms with E-state index in [9.17, 15) is 14.7 Å². The fourth-order valence-electron chi connectivity index (χ4n) is 1.99. The second-order valence-electron chi connectivity index (χ2n) is 5.99. The van der Waals surface area contributed by atoms with Crippen molar-refractivity contribution in [3.8, 4) is 0 Å². The van der Waals surface area contributed by atoms with E-state index in [1.54, 1.807) is 22.7 Å². The van der Waals surface area contributed by atoms with Crippen LogP contribution in [-0.4, -0.2) is 37.1 Å². The van der Waals surface area contributed by atoms with Crippen molar-refractivity contribution in [3.63, 3.8) is 0 Å². The standard InChI is InChI=1S/C15H18N4O4/c1-15(2,3)17-13-12(14(21)22)16-10-6-4-9(8-19(10)13)5-7-11(20)18-23/h4-8,17,23H,1-3H3,(H,18,20)(H,21,22)/b7-5+. The zero-order valence-electron chi connectivity index (χ0n) is 13.0. The largest absolute Gasteiger partial charge is 0.476 e. The van der Waals surface area contributed by atoms with Crippen molar-refractivity contribution in [2.45, 2.75) is 26.3 Å². The van der Waals surface area contributed by atoms with Crippen molar-refractivity contribution in [3.05, 3.63) is 35.7 Å². The summed E-state index contributed by atoms with van der Waals surface area (Å²) in [5.41, 5.74) is 2.18. The van der Waals surface area contributed by atoms with Gasteiger partial charge in [-0.05, 0) is 44.5 Å². The maximum absolute atomic E-state index is 11.4. The van der Waals surface area contributed by atoms with E-state index in [0.717, 1.165) is 6.08 Å². The van der Waals surface area contributed by atoms with Crippen molar-refractivity contribution in [1.29, 1.82) is 0 Å². The molecule has 0 spiro atoms. The Hall–Kier alpha value is -2.87. The fraction of sp³-hybridized carbons (Fsp3) is 0.267. The Morgan fingerprint density at radius 3 is 2.57 bits per heavy atom. The van der Waals surface area contributed by atoms with Gasteiger partial charge in [-0.1, -0.05) is 0 Å². The lowest BCUT2D eigenvalue weighted by Gasteiger charge is -2.22. The summed E-state index contributed by atoms with van der Waals surface area (Å²) in [7, 11) is 0. The fourth-order valence-corrected chi connectivity index (χ4v) is 1.99. The Morgan fingerprint density at radius 1 is 1.30 bits per heavy atom. The first-order valence-electron chi connectivity index (χ1n) is 6.87. The number of carboxylic acids is 1. The zero-order chi connectivity index (χ0) is 17.2. The van der Waals surface area contributed by atoms with E-state index in [1.165, 1.54) is 11.6 Å². The van der Waals surface area contributed by atoms with Crippen molar-refractivity contribution < 1.29 is 19.9 Å². The number of aromatic nitrogens is 2. The summed E-state index contributed by atoms with van der Waals surface area (Å²) in [6.45, 7) is 5.73. The van der Waals surface area contributed by atoms with Gasteiger partial charge < -0.3 is 10.4 Å². The van der Waals surface area contributed by atoms with Crippen LogP contribution in [0, 0.1) is 0 Å². The average Bonchev–Trinajstić information content (AvgIpc) is 2.81. The third-order valence-corrected chi connectivity index (χ3v) is 2.87. The molecule has 2 aromatic heterocycles. The van der Waals surface area contributed by atoms with Gasteiger partial charge in [0.25, 0.3) is 5.91 Å². The first-order chi connectivity index (χ1) is 10.7. The van der Waals surface area contributed by atoms with Crippen molar-refractivity contribution in [1.82, 2.24) is 14.9 Å². The van der Waals surface area contributed by atoms with Gasteiger partial charge in [-0.2, -0.15) is 0 Å². The minimum Gasteiger partial charge on any atom is -0.476 e. The van der Waals surface area contributed by atoms with Gasteiger partial charge >= 0.3 is 5.97 Å². The predicted octanol–water partition coefficient (Wildman–Crippen LogP) is 1.76. The quantitative estimate of drug-likeness (QED) is 0.388. The summed E-state index contributed by atoms with van der Waals surface area (Å²) in [5, 5.41) is 20.9. The summed E-state index contributed by atoms with van der Waals surface area (Å²) in [5.74, 6) is -1.42. The Morgan fingerprint density at radius 2 is 2.00 bits per heavy atom. The molecule has 122 valence electrons.